The SMILES string of the molecule is c1ccc2nc3c(cnc4ccccc43)cc2c1. The Labute approximate surface area is 104 Å². The lowest BCUT2D eigenvalue weighted by Gasteiger charge is -2.04. The number of benzene rings is 2. The smallest absolute Gasteiger partial charge is 0.0819 e. The second kappa shape index (κ2) is 3.50. The van der Waals surface area contributed by atoms with Crippen molar-refractivity contribution in [3.63, 3.8) is 0 Å². The molecule has 0 aliphatic heterocycles. The van der Waals surface area contributed by atoms with Crippen LogP contribution < -0.4 is 0 Å². The Kier molecular flexibility index (Phi) is 1.86. The monoisotopic (exact) mass is 230 g/mol. The molecule has 0 bridgehead atoms. The largest absolute Gasteiger partial charge is 0.255 e. The molecule has 2 heteroatoms. The van der Waals surface area contributed by atoms with Crippen molar-refractivity contribution in [2.75, 3.05) is 0 Å². The van der Waals surface area contributed by atoms with Gasteiger partial charge in [-0.2, -0.15) is 0 Å². The van der Waals surface area contributed by atoms with Gasteiger partial charge < -0.3 is 0 Å². The molecule has 0 fully saturated rings. The highest BCUT2D eigenvalue weighted by Crippen LogP contribution is 2.24. The predicted molar refractivity (Wildman–Crippen MR) is 74.6 cm³/mol. The van der Waals surface area contributed by atoms with E-state index in [1.165, 1.54) is 0 Å². The zero-order chi connectivity index (χ0) is 11.9. The first kappa shape index (κ1) is 9.54. The van der Waals surface area contributed by atoms with Crippen molar-refractivity contribution in [2.24, 2.45) is 0 Å². The Morgan fingerprint density at radius 1 is 0.722 bits per heavy atom. The number of para-hydroxylation sites is 2. The molecule has 0 unspecified atom stereocenters. The summed E-state index contributed by atoms with van der Waals surface area (Å²) in [5.41, 5.74) is 3.05. The van der Waals surface area contributed by atoms with E-state index in [1.807, 2.05) is 42.6 Å². The van der Waals surface area contributed by atoms with Gasteiger partial charge in [0.1, 0.15) is 0 Å². The first-order valence-electron chi connectivity index (χ1n) is 5.95. The molecular weight excluding hydrogens is 220 g/mol. The van der Waals surface area contributed by atoms with Crippen LogP contribution in [0.25, 0.3) is 32.7 Å². The first-order chi connectivity index (χ1) is 8.92. The maximum Gasteiger partial charge on any atom is 0.0819 e. The van der Waals surface area contributed by atoms with E-state index in [0.29, 0.717) is 0 Å². The van der Waals surface area contributed by atoms with E-state index in [0.717, 1.165) is 32.7 Å². The van der Waals surface area contributed by atoms with Gasteiger partial charge in [-0.15, -0.1) is 0 Å². The molecule has 2 aromatic carbocycles. The van der Waals surface area contributed by atoms with Gasteiger partial charge in [0, 0.05) is 22.4 Å². The maximum absolute atomic E-state index is 4.77. The molecule has 2 heterocycles. The standard InChI is InChI=1S/C16H10N2/c1-3-7-14-11(5-1)9-12-10-17-15-8-4-2-6-13(15)16(12)18-14/h1-10H. The van der Waals surface area contributed by atoms with Gasteiger partial charge in [-0.1, -0.05) is 36.4 Å². The molecule has 0 saturated carbocycles. The summed E-state index contributed by atoms with van der Waals surface area (Å²) in [4.78, 5) is 9.24. The highest BCUT2D eigenvalue weighted by atomic mass is 14.7. The summed E-state index contributed by atoms with van der Waals surface area (Å²) < 4.78 is 0. The van der Waals surface area contributed by atoms with Crippen molar-refractivity contribution in [3.05, 3.63) is 60.8 Å². The minimum Gasteiger partial charge on any atom is -0.255 e. The number of pyridine rings is 2. The number of hydrogen-bond donors (Lipinski definition) is 0. The van der Waals surface area contributed by atoms with Crippen LogP contribution in [-0.2, 0) is 0 Å². The van der Waals surface area contributed by atoms with Gasteiger partial charge in [0.25, 0.3) is 0 Å². The molecule has 4 aromatic rings. The lowest BCUT2D eigenvalue weighted by molar-refractivity contribution is 1.42. The van der Waals surface area contributed by atoms with Crippen LogP contribution in [0.1, 0.15) is 0 Å². The summed E-state index contributed by atoms with van der Waals surface area (Å²) in [5, 5.41) is 3.36. The Morgan fingerprint density at radius 3 is 2.44 bits per heavy atom. The van der Waals surface area contributed by atoms with Gasteiger partial charge in [0.2, 0.25) is 0 Å². The second-order valence-electron chi connectivity index (χ2n) is 4.39. The minimum atomic E-state index is 0.993. The molecule has 0 amide bonds. The van der Waals surface area contributed by atoms with Crippen LogP contribution >= 0.6 is 0 Å². The van der Waals surface area contributed by atoms with Gasteiger partial charge in [-0.05, 0) is 18.2 Å². The summed E-state index contributed by atoms with van der Waals surface area (Å²) in [5.74, 6) is 0. The predicted octanol–water partition coefficient (Wildman–Crippen LogP) is 3.94. The third-order valence-electron chi connectivity index (χ3n) is 3.26. The van der Waals surface area contributed by atoms with Crippen LogP contribution in [-0.4, -0.2) is 9.97 Å². The van der Waals surface area contributed by atoms with Gasteiger partial charge in [-0.3, -0.25) is 4.98 Å². The van der Waals surface area contributed by atoms with Crippen LogP contribution in [0.3, 0.4) is 0 Å². The summed E-state index contributed by atoms with van der Waals surface area (Å²) in [6, 6.07) is 18.5. The molecule has 0 spiro atoms. The third-order valence-corrected chi connectivity index (χ3v) is 3.26. The van der Waals surface area contributed by atoms with E-state index in [2.05, 4.69) is 23.2 Å². The highest BCUT2D eigenvalue weighted by Gasteiger charge is 2.04. The number of nitrogens with zero attached hydrogens (tertiary/aromatic N) is 2. The van der Waals surface area contributed by atoms with Crippen LogP contribution in [0.2, 0.25) is 0 Å². The van der Waals surface area contributed by atoms with E-state index in [1.54, 1.807) is 0 Å². The topological polar surface area (TPSA) is 25.8 Å². The van der Waals surface area contributed by atoms with Crippen LogP contribution in [0, 0.1) is 0 Å². The fourth-order valence-corrected chi connectivity index (χ4v) is 2.37. The summed E-state index contributed by atoms with van der Waals surface area (Å²) >= 11 is 0. The molecule has 18 heavy (non-hydrogen) atoms. The molecule has 2 nitrogen and oxygen atoms in total. The Bertz CT molecular complexity index is 875. The van der Waals surface area contributed by atoms with Crippen LogP contribution in [0.4, 0.5) is 0 Å². The van der Waals surface area contributed by atoms with Crippen molar-refractivity contribution < 1.29 is 0 Å². The van der Waals surface area contributed by atoms with Crippen molar-refractivity contribution in [1.29, 1.82) is 0 Å². The molecule has 0 radical (unpaired) electrons. The average molecular weight is 230 g/mol. The minimum absolute atomic E-state index is 0.993. The molecule has 0 saturated heterocycles. The third kappa shape index (κ3) is 1.29. The van der Waals surface area contributed by atoms with Crippen molar-refractivity contribution >= 4 is 32.7 Å². The van der Waals surface area contributed by atoms with Crippen molar-refractivity contribution in [2.45, 2.75) is 0 Å². The van der Waals surface area contributed by atoms with Gasteiger partial charge in [0.15, 0.2) is 0 Å². The molecule has 2 aromatic heterocycles. The molecule has 0 aliphatic carbocycles. The Hall–Kier alpha value is -2.48. The van der Waals surface area contributed by atoms with E-state index in [-0.39, 0.29) is 0 Å². The van der Waals surface area contributed by atoms with Gasteiger partial charge in [0.05, 0.1) is 16.6 Å². The average Bonchev–Trinajstić information content (AvgIpc) is 2.45. The summed E-state index contributed by atoms with van der Waals surface area (Å²) in [6.07, 6.45) is 1.90. The number of fused-ring (bicyclic) bond motifs is 4. The number of hydrogen-bond acceptors (Lipinski definition) is 2. The zero-order valence-electron chi connectivity index (χ0n) is 9.67. The lowest BCUT2D eigenvalue weighted by Crippen LogP contribution is -1.86. The van der Waals surface area contributed by atoms with Gasteiger partial charge in [-0.25, -0.2) is 4.98 Å². The second-order valence-corrected chi connectivity index (χ2v) is 4.39. The van der Waals surface area contributed by atoms with E-state index in [9.17, 15) is 0 Å². The lowest BCUT2D eigenvalue weighted by atomic mass is 10.1. The summed E-state index contributed by atoms with van der Waals surface area (Å²) in [7, 11) is 0. The van der Waals surface area contributed by atoms with Crippen LogP contribution in [0.5, 0.6) is 0 Å². The molecule has 84 valence electrons. The molecule has 0 aliphatic rings. The zero-order valence-corrected chi connectivity index (χ0v) is 9.67. The van der Waals surface area contributed by atoms with Crippen LogP contribution in [0.15, 0.2) is 60.8 Å². The number of aromatic nitrogens is 2. The molecule has 4 rings (SSSR count). The number of rotatable bonds is 0. The highest BCUT2D eigenvalue weighted by molar-refractivity contribution is 6.06. The summed E-state index contributed by atoms with van der Waals surface area (Å²) in [6.45, 7) is 0. The Balaban J connectivity index is 2.27. The first-order valence-corrected chi connectivity index (χ1v) is 5.95. The fourth-order valence-electron chi connectivity index (χ4n) is 2.37. The van der Waals surface area contributed by atoms with Crippen molar-refractivity contribution in [3.8, 4) is 0 Å². The van der Waals surface area contributed by atoms with Gasteiger partial charge >= 0.3 is 0 Å². The molecular formula is C16H10N2. The molecule has 0 atom stereocenters. The van der Waals surface area contributed by atoms with E-state index >= 15 is 0 Å². The van der Waals surface area contributed by atoms with Crippen molar-refractivity contribution in [1.82, 2.24) is 9.97 Å². The quantitative estimate of drug-likeness (QED) is 0.338. The van der Waals surface area contributed by atoms with E-state index < -0.39 is 0 Å². The Morgan fingerprint density at radius 2 is 1.50 bits per heavy atom. The fraction of sp³-hybridized carbons (Fsp3) is 0. The van der Waals surface area contributed by atoms with E-state index in [4.69, 9.17) is 4.98 Å². The molecule has 0 N–H and O–H groups in total. The maximum atomic E-state index is 4.77. The normalized spacial score (nSPS) is 11.3.